The van der Waals surface area contributed by atoms with Gasteiger partial charge >= 0.3 is 0 Å². The van der Waals surface area contributed by atoms with Crippen molar-refractivity contribution in [2.45, 2.75) is 11.7 Å². The summed E-state index contributed by atoms with van der Waals surface area (Å²) in [4.78, 5) is 18.9. The minimum Gasteiger partial charge on any atom is -0.492 e. The number of ether oxygens (including phenoxy) is 1. The van der Waals surface area contributed by atoms with E-state index in [0.717, 1.165) is 45.0 Å². The Balaban J connectivity index is 1.34. The van der Waals surface area contributed by atoms with Gasteiger partial charge in [-0.25, -0.2) is 4.68 Å². The molecule has 1 saturated heterocycles. The van der Waals surface area contributed by atoms with Crippen LogP contribution in [0.4, 0.5) is 0 Å². The maximum Gasteiger partial charge on any atom is 0.233 e. The number of hydrogen-bond donors (Lipinski definition) is 0. The molecule has 1 aromatic heterocycles. The number of rotatable bonds is 10. The molecule has 0 aliphatic carbocycles. The van der Waals surface area contributed by atoms with Gasteiger partial charge in [0.2, 0.25) is 11.1 Å². The van der Waals surface area contributed by atoms with Crippen LogP contribution in [0.15, 0.2) is 35.5 Å². The van der Waals surface area contributed by atoms with Crippen molar-refractivity contribution in [1.29, 1.82) is 0 Å². The highest BCUT2D eigenvalue weighted by atomic mass is 32.2. The number of tetrazole rings is 1. The second kappa shape index (κ2) is 11.1. The summed E-state index contributed by atoms with van der Waals surface area (Å²) in [6, 6.07) is 9.85. The summed E-state index contributed by atoms with van der Waals surface area (Å²) in [6.07, 6.45) is 0. The third-order valence-electron chi connectivity index (χ3n) is 4.73. The molecule has 29 heavy (non-hydrogen) atoms. The zero-order valence-corrected chi connectivity index (χ0v) is 17.9. The van der Waals surface area contributed by atoms with Gasteiger partial charge in [-0.1, -0.05) is 30.0 Å². The van der Waals surface area contributed by atoms with Crippen molar-refractivity contribution < 1.29 is 9.53 Å². The zero-order valence-electron chi connectivity index (χ0n) is 17.1. The van der Waals surface area contributed by atoms with Gasteiger partial charge in [-0.2, -0.15) is 0 Å². The SMILES string of the molecule is CN(C)CCn1nnnc1SCC(=O)N1CCN(CCOc2ccccc2)CC1. The summed E-state index contributed by atoms with van der Waals surface area (Å²) in [5.41, 5.74) is 0. The molecule has 2 heterocycles. The lowest BCUT2D eigenvalue weighted by molar-refractivity contribution is -0.130. The van der Waals surface area contributed by atoms with Crippen molar-refractivity contribution in [3.05, 3.63) is 30.3 Å². The zero-order chi connectivity index (χ0) is 20.5. The van der Waals surface area contributed by atoms with E-state index in [1.54, 1.807) is 4.68 Å². The largest absolute Gasteiger partial charge is 0.492 e. The lowest BCUT2D eigenvalue weighted by Gasteiger charge is -2.34. The van der Waals surface area contributed by atoms with Gasteiger partial charge < -0.3 is 14.5 Å². The van der Waals surface area contributed by atoms with E-state index in [0.29, 0.717) is 24.1 Å². The van der Waals surface area contributed by atoms with Crippen molar-refractivity contribution in [3.8, 4) is 5.75 Å². The van der Waals surface area contributed by atoms with Crippen molar-refractivity contribution >= 4 is 17.7 Å². The predicted octanol–water partition coefficient (Wildman–Crippen LogP) is 0.550. The van der Waals surface area contributed by atoms with E-state index >= 15 is 0 Å². The Morgan fingerprint density at radius 1 is 1.14 bits per heavy atom. The van der Waals surface area contributed by atoms with E-state index in [2.05, 4.69) is 25.3 Å². The van der Waals surface area contributed by atoms with Crippen LogP contribution in [0.5, 0.6) is 5.75 Å². The molecule has 1 aliphatic rings. The second-order valence-electron chi connectivity index (χ2n) is 7.16. The molecule has 0 unspecified atom stereocenters. The van der Waals surface area contributed by atoms with Crippen LogP contribution < -0.4 is 4.74 Å². The van der Waals surface area contributed by atoms with Crippen LogP contribution in [-0.4, -0.2) is 107 Å². The lowest BCUT2D eigenvalue weighted by atomic mass is 10.3. The average molecular weight is 420 g/mol. The normalized spacial score (nSPS) is 15.1. The van der Waals surface area contributed by atoms with E-state index in [4.69, 9.17) is 4.74 Å². The van der Waals surface area contributed by atoms with Crippen LogP contribution in [0.1, 0.15) is 0 Å². The van der Waals surface area contributed by atoms with Crippen LogP contribution in [-0.2, 0) is 11.3 Å². The Labute approximate surface area is 176 Å². The summed E-state index contributed by atoms with van der Waals surface area (Å²) in [6.45, 7) is 6.31. The predicted molar refractivity (Wildman–Crippen MR) is 112 cm³/mol. The number of carbonyl (C=O) groups is 1. The number of thioether (sulfide) groups is 1. The highest BCUT2D eigenvalue weighted by Gasteiger charge is 2.21. The Morgan fingerprint density at radius 2 is 1.90 bits per heavy atom. The quantitative estimate of drug-likeness (QED) is 0.517. The first-order valence-corrected chi connectivity index (χ1v) is 10.8. The molecule has 3 rings (SSSR count). The number of amides is 1. The fourth-order valence-electron chi connectivity index (χ4n) is 2.98. The monoisotopic (exact) mass is 419 g/mol. The number of para-hydroxylation sites is 1. The van der Waals surface area contributed by atoms with E-state index in [-0.39, 0.29) is 5.91 Å². The molecule has 0 N–H and O–H groups in total. The van der Waals surface area contributed by atoms with Gasteiger partial charge in [-0.05, 0) is 36.7 Å². The maximum atomic E-state index is 12.6. The maximum absolute atomic E-state index is 12.6. The molecule has 1 aromatic carbocycles. The summed E-state index contributed by atoms with van der Waals surface area (Å²) in [5, 5.41) is 12.5. The van der Waals surface area contributed by atoms with Gasteiger partial charge in [0.1, 0.15) is 12.4 Å². The molecule has 0 saturated carbocycles. The van der Waals surface area contributed by atoms with Crippen molar-refractivity contribution in [2.75, 3.05) is 65.7 Å². The lowest BCUT2D eigenvalue weighted by Crippen LogP contribution is -2.50. The number of carbonyl (C=O) groups excluding carboxylic acids is 1. The van der Waals surface area contributed by atoms with Crippen molar-refractivity contribution in [2.24, 2.45) is 0 Å². The molecule has 2 aromatic rings. The van der Waals surface area contributed by atoms with Crippen LogP contribution in [0.3, 0.4) is 0 Å². The van der Waals surface area contributed by atoms with E-state index in [1.807, 2.05) is 49.3 Å². The Morgan fingerprint density at radius 3 is 2.62 bits per heavy atom. The standard InChI is InChI=1S/C19H29N7O2S/c1-23(2)8-13-26-19(20-21-22-26)29-16-18(27)25-11-9-24(10-12-25)14-15-28-17-6-4-3-5-7-17/h3-7H,8-16H2,1-2H3. The molecule has 1 aliphatic heterocycles. The third kappa shape index (κ3) is 6.98. The van der Waals surface area contributed by atoms with Gasteiger partial charge in [0, 0.05) is 39.3 Å². The topological polar surface area (TPSA) is 79.6 Å². The first-order valence-electron chi connectivity index (χ1n) is 9.83. The number of nitrogens with zero attached hydrogens (tertiary/aromatic N) is 7. The summed E-state index contributed by atoms with van der Waals surface area (Å²) in [7, 11) is 4.02. The smallest absolute Gasteiger partial charge is 0.233 e. The number of benzene rings is 1. The minimum atomic E-state index is 0.136. The molecule has 0 bridgehead atoms. The van der Waals surface area contributed by atoms with Gasteiger partial charge in [0.25, 0.3) is 0 Å². The number of piperazine rings is 1. The average Bonchev–Trinajstić information content (AvgIpc) is 3.19. The second-order valence-corrected chi connectivity index (χ2v) is 8.10. The third-order valence-corrected chi connectivity index (χ3v) is 5.67. The summed E-state index contributed by atoms with van der Waals surface area (Å²) >= 11 is 1.40. The summed E-state index contributed by atoms with van der Waals surface area (Å²) < 4.78 is 7.51. The van der Waals surface area contributed by atoms with Gasteiger partial charge in [0.05, 0.1) is 12.3 Å². The molecule has 158 valence electrons. The van der Waals surface area contributed by atoms with Crippen LogP contribution in [0, 0.1) is 0 Å². The molecule has 1 fully saturated rings. The molecule has 9 nitrogen and oxygen atoms in total. The molecule has 0 spiro atoms. The molecular formula is C19H29N7O2S. The first kappa shape index (κ1) is 21.5. The Bertz CT molecular complexity index is 748. The van der Waals surface area contributed by atoms with E-state index in [9.17, 15) is 4.79 Å². The number of hydrogen-bond acceptors (Lipinski definition) is 8. The summed E-state index contributed by atoms with van der Waals surface area (Å²) in [5.74, 6) is 1.39. The number of likely N-dealkylation sites (N-methyl/N-ethyl adjacent to an activating group) is 1. The van der Waals surface area contributed by atoms with E-state index < -0.39 is 0 Å². The van der Waals surface area contributed by atoms with Gasteiger partial charge in [-0.15, -0.1) is 5.10 Å². The highest BCUT2D eigenvalue weighted by Crippen LogP contribution is 2.15. The van der Waals surface area contributed by atoms with Gasteiger partial charge in [0.15, 0.2) is 0 Å². The fourth-order valence-corrected chi connectivity index (χ4v) is 3.79. The van der Waals surface area contributed by atoms with E-state index in [1.165, 1.54) is 11.8 Å². The fraction of sp³-hybridized carbons (Fsp3) is 0.579. The molecule has 0 atom stereocenters. The van der Waals surface area contributed by atoms with Crippen LogP contribution >= 0.6 is 11.8 Å². The first-order chi connectivity index (χ1) is 14.1. The molecule has 0 radical (unpaired) electrons. The van der Waals surface area contributed by atoms with Crippen LogP contribution in [0.2, 0.25) is 0 Å². The minimum absolute atomic E-state index is 0.136. The van der Waals surface area contributed by atoms with Crippen molar-refractivity contribution in [3.63, 3.8) is 0 Å². The molecular weight excluding hydrogens is 390 g/mol. The highest BCUT2D eigenvalue weighted by molar-refractivity contribution is 7.99. The molecule has 10 heteroatoms. The Kier molecular flexibility index (Phi) is 8.26. The Hall–Kier alpha value is -2.17. The number of aromatic nitrogens is 4. The van der Waals surface area contributed by atoms with Crippen LogP contribution in [0.25, 0.3) is 0 Å². The van der Waals surface area contributed by atoms with Crippen molar-refractivity contribution in [1.82, 2.24) is 34.9 Å². The molecule has 1 amide bonds. The van der Waals surface area contributed by atoms with Gasteiger partial charge in [-0.3, -0.25) is 9.69 Å².